The second-order valence-electron chi connectivity index (χ2n) is 7.45. The summed E-state index contributed by atoms with van der Waals surface area (Å²) < 4.78 is 5.83. The molecular weight excluding hydrogens is 496 g/mol. The first-order valence-corrected chi connectivity index (χ1v) is 12.3. The maximum atomic E-state index is 13.0. The Hall–Kier alpha value is -3.72. The number of hydrogen-bond acceptors (Lipinski definition) is 11. The molecule has 1 fully saturated rings. The average molecular weight is 520 g/mol. The number of carboxylic acids is 1. The monoisotopic (exact) mass is 519 g/mol. The summed E-state index contributed by atoms with van der Waals surface area (Å²) in [5.74, 6) is -2.09. The van der Waals surface area contributed by atoms with Gasteiger partial charge in [0.25, 0.3) is 11.8 Å². The summed E-state index contributed by atoms with van der Waals surface area (Å²) in [6, 6.07) is 2.80. The van der Waals surface area contributed by atoms with Gasteiger partial charge in [-0.3, -0.25) is 14.5 Å². The van der Waals surface area contributed by atoms with Crippen LogP contribution in [0.15, 0.2) is 41.0 Å². The van der Waals surface area contributed by atoms with Crippen molar-refractivity contribution in [2.75, 3.05) is 30.5 Å². The van der Waals surface area contributed by atoms with Gasteiger partial charge in [0.05, 0.1) is 5.69 Å². The smallest absolute Gasteiger partial charge is 0.352 e. The number of thioether (sulfide) groups is 1. The molecule has 4 heterocycles. The van der Waals surface area contributed by atoms with E-state index in [0.29, 0.717) is 17.9 Å². The number of pyridine rings is 1. The number of anilines is 2. The number of β-lactam (4-membered cyclic amide) rings is 1. The first-order chi connectivity index (χ1) is 16.8. The summed E-state index contributed by atoms with van der Waals surface area (Å²) in [5, 5.41) is 18.9. The second kappa shape index (κ2) is 10.3. The number of fused-ring (bicyclic) bond motifs is 1. The van der Waals surface area contributed by atoms with Crippen LogP contribution in [0.3, 0.4) is 0 Å². The number of oxime groups is 1. The van der Waals surface area contributed by atoms with E-state index in [9.17, 15) is 19.5 Å². The Balaban J connectivity index is 1.53. The molecule has 1 saturated heterocycles. The second-order valence-corrected chi connectivity index (χ2v) is 9.34. The molecule has 0 aliphatic carbocycles. The predicted molar refractivity (Wildman–Crippen MR) is 128 cm³/mol. The van der Waals surface area contributed by atoms with Crippen molar-refractivity contribution in [2.24, 2.45) is 5.16 Å². The number of aliphatic carboxylic acids is 1. The summed E-state index contributed by atoms with van der Waals surface area (Å²) >= 11 is 2.27. The van der Waals surface area contributed by atoms with E-state index in [-0.39, 0.29) is 29.0 Å². The fourth-order valence-corrected chi connectivity index (χ4v) is 5.42. The highest BCUT2D eigenvalue weighted by Crippen LogP contribution is 2.40. The number of carbonyl (C=O) groups is 3. The molecule has 35 heavy (non-hydrogen) atoms. The summed E-state index contributed by atoms with van der Waals surface area (Å²) in [4.78, 5) is 48.2. The van der Waals surface area contributed by atoms with Crippen molar-refractivity contribution >= 4 is 57.6 Å². The van der Waals surface area contributed by atoms with Crippen LogP contribution in [0.25, 0.3) is 0 Å². The molecule has 5 N–H and O–H groups in total. The maximum Gasteiger partial charge on any atom is 0.352 e. The van der Waals surface area contributed by atoms with Gasteiger partial charge in [0.15, 0.2) is 24.1 Å². The molecular formula is C20H23N8O5S2+. The molecule has 0 bridgehead atoms. The zero-order valence-corrected chi connectivity index (χ0v) is 20.4. The van der Waals surface area contributed by atoms with Gasteiger partial charge >= 0.3 is 5.97 Å². The number of rotatable bonds is 9. The average Bonchev–Trinajstić information content (AvgIpc) is 3.28. The Morgan fingerprint density at radius 2 is 2.26 bits per heavy atom. The Morgan fingerprint density at radius 3 is 2.91 bits per heavy atom. The van der Waals surface area contributed by atoms with Crippen LogP contribution in [0.1, 0.15) is 12.7 Å². The van der Waals surface area contributed by atoms with E-state index in [1.54, 1.807) is 14.0 Å². The fraction of sp³-hybridized carbons (Fsp3) is 0.350. The zero-order valence-electron chi connectivity index (χ0n) is 18.8. The molecule has 184 valence electrons. The van der Waals surface area contributed by atoms with Crippen molar-refractivity contribution in [3.63, 3.8) is 0 Å². The quantitative estimate of drug-likeness (QED) is 0.148. The van der Waals surface area contributed by atoms with Crippen LogP contribution in [0.4, 0.5) is 10.8 Å². The highest BCUT2D eigenvalue weighted by molar-refractivity contribution is 8.00. The van der Waals surface area contributed by atoms with Gasteiger partial charge in [-0.25, -0.2) is 4.79 Å². The number of carboxylic acid groups (broad SMARTS) is 1. The van der Waals surface area contributed by atoms with E-state index in [4.69, 9.17) is 10.6 Å². The molecule has 2 aliphatic heterocycles. The van der Waals surface area contributed by atoms with Gasteiger partial charge in [0.1, 0.15) is 23.7 Å². The van der Waals surface area contributed by atoms with E-state index >= 15 is 0 Å². The third kappa shape index (κ3) is 4.90. The van der Waals surface area contributed by atoms with Gasteiger partial charge in [-0.15, -0.1) is 11.8 Å². The molecule has 2 amide bonds. The number of nitrogen functional groups attached to an aromatic ring is 1. The normalized spacial score (nSPS) is 19.7. The molecule has 15 heteroatoms. The van der Waals surface area contributed by atoms with E-state index in [0.717, 1.165) is 17.2 Å². The highest BCUT2D eigenvalue weighted by Gasteiger charge is 2.54. The lowest BCUT2D eigenvalue weighted by Crippen LogP contribution is -2.71. The number of amides is 2. The van der Waals surface area contributed by atoms with Crippen LogP contribution in [0.2, 0.25) is 0 Å². The lowest BCUT2D eigenvalue weighted by Gasteiger charge is -2.49. The van der Waals surface area contributed by atoms with Crippen LogP contribution in [-0.2, 0) is 25.8 Å². The van der Waals surface area contributed by atoms with Gasteiger partial charge in [0, 0.05) is 36.0 Å². The molecule has 2 aromatic heterocycles. The molecule has 0 aromatic carbocycles. The SMILES string of the molecule is CCON=C(C(=O)NC1C(=O)N2C(C(=O)O)=C(C[n+]3cccc(NC)c3)CS[C@@H]12)c1nsc(N)n1. The first kappa shape index (κ1) is 24.4. The van der Waals surface area contributed by atoms with Gasteiger partial charge in [-0.2, -0.15) is 13.9 Å². The molecule has 13 nitrogen and oxygen atoms in total. The van der Waals surface area contributed by atoms with Crippen LogP contribution >= 0.6 is 23.3 Å². The van der Waals surface area contributed by atoms with E-state index in [1.165, 1.54) is 16.7 Å². The molecule has 2 aromatic rings. The van der Waals surface area contributed by atoms with Crippen molar-refractivity contribution in [1.29, 1.82) is 0 Å². The maximum absolute atomic E-state index is 13.0. The standard InChI is InChI=1S/C20H22N8O5S2/c1-3-33-25-12(15-24-20(21)35-26-15)16(29)23-13-17(30)28-14(19(31)32)10(9-34-18(13)28)7-27-6-4-5-11(8-27)22-2/h4-6,8,13,18,22H,3,7,9H2,1-2H3,(H3-,21,23,24,26,29,31,32)/p+1/t13?,18-/m0/s1. The van der Waals surface area contributed by atoms with Gasteiger partial charge in [0.2, 0.25) is 11.5 Å². The van der Waals surface area contributed by atoms with Crippen LogP contribution < -0.4 is 20.9 Å². The van der Waals surface area contributed by atoms with E-state index in [2.05, 4.69) is 25.1 Å². The van der Waals surface area contributed by atoms with Crippen molar-refractivity contribution in [2.45, 2.75) is 24.9 Å². The number of hydrogen-bond donors (Lipinski definition) is 4. The third-order valence-corrected chi connectivity index (χ3v) is 7.09. The number of nitrogens with two attached hydrogens (primary N) is 1. The number of aromatic nitrogens is 3. The molecule has 1 unspecified atom stereocenters. The summed E-state index contributed by atoms with van der Waals surface area (Å²) in [6.45, 7) is 2.20. The minimum atomic E-state index is -1.20. The third-order valence-electron chi connectivity index (χ3n) is 5.21. The number of carbonyl (C=O) groups excluding carboxylic acids is 2. The highest BCUT2D eigenvalue weighted by atomic mass is 32.2. The summed E-state index contributed by atoms with van der Waals surface area (Å²) in [7, 11) is 1.79. The molecule has 0 saturated carbocycles. The fourth-order valence-electron chi connectivity index (χ4n) is 3.65. The van der Waals surface area contributed by atoms with Gasteiger partial charge in [-0.1, -0.05) is 5.16 Å². The van der Waals surface area contributed by atoms with Crippen LogP contribution in [-0.4, -0.2) is 73.7 Å². The minimum absolute atomic E-state index is 0.0207. The Labute approximate surface area is 208 Å². The van der Waals surface area contributed by atoms with E-state index in [1.807, 2.05) is 29.1 Å². The van der Waals surface area contributed by atoms with Crippen molar-refractivity contribution in [3.8, 4) is 0 Å². The molecule has 2 atom stereocenters. The first-order valence-electron chi connectivity index (χ1n) is 10.5. The molecule has 2 aliphatic rings. The lowest BCUT2D eigenvalue weighted by atomic mass is 10.0. The number of nitrogens with one attached hydrogen (secondary N) is 2. The Morgan fingerprint density at radius 1 is 1.46 bits per heavy atom. The largest absolute Gasteiger partial charge is 0.477 e. The Kier molecular flexibility index (Phi) is 7.16. The van der Waals surface area contributed by atoms with Crippen LogP contribution in [0, 0.1) is 0 Å². The topological polar surface area (TPSA) is 176 Å². The minimum Gasteiger partial charge on any atom is -0.477 e. The zero-order chi connectivity index (χ0) is 25.1. The predicted octanol–water partition coefficient (Wildman–Crippen LogP) is -0.371. The summed E-state index contributed by atoms with van der Waals surface area (Å²) in [6.07, 6.45) is 3.67. The van der Waals surface area contributed by atoms with Crippen molar-refractivity contribution < 1.29 is 28.9 Å². The van der Waals surface area contributed by atoms with Crippen molar-refractivity contribution in [1.82, 2.24) is 19.6 Å². The Bertz CT molecular complexity index is 1230. The van der Waals surface area contributed by atoms with Crippen LogP contribution in [0.5, 0.6) is 0 Å². The van der Waals surface area contributed by atoms with E-state index < -0.39 is 29.2 Å². The molecule has 0 spiro atoms. The molecule has 0 radical (unpaired) electrons. The lowest BCUT2D eigenvalue weighted by molar-refractivity contribution is -0.688. The van der Waals surface area contributed by atoms with Gasteiger partial charge < -0.3 is 26.3 Å². The van der Waals surface area contributed by atoms with Crippen molar-refractivity contribution in [3.05, 3.63) is 41.6 Å². The number of nitrogens with zero attached hydrogens (tertiary/aromatic N) is 5. The molecule has 4 rings (SSSR count). The summed E-state index contributed by atoms with van der Waals surface area (Å²) in [5.41, 5.74) is 6.79. The van der Waals surface area contributed by atoms with Gasteiger partial charge in [-0.05, 0) is 13.0 Å².